The van der Waals surface area contributed by atoms with Gasteiger partial charge < -0.3 is 4.74 Å². The molecule has 108 valence electrons. The van der Waals surface area contributed by atoms with Crippen molar-refractivity contribution in [2.45, 2.75) is 33.6 Å². The third kappa shape index (κ3) is 6.93. The van der Waals surface area contributed by atoms with Gasteiger partial charge in [-0.1, -0.05) is 61.1 Å². The van der Waals surface area contributed by atoms with Crippen molar-refractivity contribution in [2.24, 2.45) is 5.92 Å². The second kappa shape index (κ2) is 9.13. The molecule has 1 aromatic carbocycles. The second-order valence-corrected chi connectivity index (χ2v) is 5.09. The van der Waals surface area contributed by atoms with Crippen LogP contribution in [0.15, 0.2) is 54.1 Å². The molecule has 0 fully saturated rings. The van der Waals surface area contributed by atoms with Crippen LogP contribution in [0.3, 0.4) is 0 Å². The minimum Gasteiger partial charge on any atom is -0.461 e. The molecule has 0 spiro atoms. The highest BCUT2D eigenvalue weighted by Crippen LogP contribution is 2.11. The van der Waals surface area contributed by atoms with Crippen LogP contribution in [0.4, 0.5) is 0 Å². The van der Waals surface area contributed by atoms with E-state index in [4.69, 9.17) is 4.74 Å². The lowest BCUT2D eigenvalue weighted by molar-refractivity contribution is -0.141. The zero-order valence-electron chi connectivity index (χ0n) is 12.6. The molecule has 1 unspecified atom stereocenters. The van der Waals surface area contributed by atoms with Gasteiger partial charge in [-0.25, -0.2) is 0 Å². The van der Waals surface area contributed by atoms with Crippen LogP contribution >= 0.6 is 0 Å². The fourth-order valence-corrected chi connectivity index (χ4v) is 1.94. The van der Waals surface area contributed by atoms with E-state index in [2.05, 4.69) is 32.9 Å². The van der Waals surface area contributed by atoms with Gasteiger partial charge in [0.1, 0.15) is 6.61 Å². The largest absolute Gasteiger partial charge is 0.461 e. The first-order valence-corrected chi connectivity index (χ1v) is 7.09. The Balaban J connectivity index is 2.25. The van der Waals surface area contributed by atoms with Crippen LogP contribution in [0.5, 0.6) is 0 Å². The molecule has 0 aliphatic carbocycles. The van der Waals surface area contributed by atoms with E-state index in [1.165, 1.54) is 5.57 Å². The summed E-state index contributed by atoms with van der Waals surface area (Å²) in [5.74, 6) is 0.289. The Labute approximate surface area is 122 Å². The van der Waals surface area contributed by atoms with Gasteiger partial charge in [0.2, 0.25) is 0 Å². The molecule has 20 heavy (non-hydrogen) atoms. The quantitative estimate of drug-likeness (QED) is 0.546. The zero-order valence-corrected chi connectivity index (χ0v) is 12.6. The molecule has 0 saturated heterocycles. The number of ether oxygens (including phenoxy) is 1. The number of benzene rings is 1. The maximum absolute atomic E-state index is 11.6. The molecule has 0 amide bonds. The van der Waals surface area contributed by atoms with E-state index in [9.17, 15) is 4.79 Å². The van der Waals surface area contributed by atoms with Gasteiger partial charge in [0.05, 0.1) is 6.42 Å². The van der Waals surface area contributed by atoms with E-state index >= 15 is 0 Å². The molecule has 0 aromatic heterocycles. The monoisotopic (exact) mass is 272 g/mol. The first-order valence-electron chi connectivity index (χ1n) is 7.09. The van der Waals surface area contributed by atoms with Crippen LogP contribution in [0.1, 0.15) is 32.8 Å². The molecule has 0 heterocycles. The van der Waals surface area contributed by atoms with Crippen LogP contribution in [0.2, 0.25) is 0 Å². The second-order valence-electron chi connectivity index (χ2n) is 5.09. The number of hydrogen-bond donors (Lipinski definition) is 0. The third-order valence-electron chi connectivity index (χ3n) is 3.13. The first kappa shape index (κ1) is 16.2. The average molecular weight is 272 g/mol. The van der Waals surface area contributed by atoms with Crippen LogP contribution in [-0.4, -0.2) is 12.6 Å². The highest BCUT2D eigenvalue weighted by Gasteiger charge is 2.03. The SMILES string of the molecule is C/C=C(\C)CC(C)/C=C/COC(=O)Cc1ccccc1. The van der Waals surface area contributed by atoms with Crippen LogP contribution in [0.25, 0.3) is 0 Å². The highest BCUT2D eigenvalue weighted by molar-refractivity contribution is 5.72. The molecular formula is C18H24O2. The lowest BCUT2D eigenvalue weighted by Gasteiger charge is -2.06. The van der Waals surface area contributed by atoms with Crippen LogP contribution < -0.4 is 0 Å². The standard InChI is InChI=1S/C18H24O2/c1-4-15(2)13-16(3)9-8-12-20-18(19)14-17-10-6-5-7-11-17/h4-11,16H,12-14H2,1-3H3/b9-8+,15-4+. The predicted octanol–water partition coefficient (Wildman–Crippen LogP) is 4.32. The van der Waals surface area contributed by atoms with Crippen molar-refractivity contribution < 1.29 is 9.53 Å². The summed E-state index contributed by atoms with van der Waals surface area (Å²) in [6.07, 6.45) is 7.54. The molecule has 2 nitrogen and oxygen atoms in total. The van der Waals surface area contributed by atoms with Gasteiger partial charge in [-0.2, -0.15) is 0 Å². The molecule has 0 N–H and O–H groups in total. The number of esters is 1. The summed E-state index contributed by atoms with van der Waals surface area (Å²) in [5, 5.41) is 0. The Morgan fingerprint density at radius 2 is 2.00 bits per heavy atom. The Morgan fingerprint density at radius 3 is 2.65 bits per heavy atom. The highest BCUT2D eigenvalue weighted by atomic mass is 16.5. The molecular weight excluding hydrogens is 248 g/mol. The molecule has 1 aromatic rings. The molecule has 0 aliphatic rings. The minimum atomic E-state index is -0.182. The summed E-state index contributed by atoms with van der Waals surface area (Å²) >= 11 is 0. The number of carbonyl (C=O) groups is 1. The van der Waals surface area contributed by atoms with Gasteiger partial charge in [0, 0.05) is 0 Å². The Hall–Kier alpha value is -1.83. The summed E-state index contributed by atoms with van der Waals surface area (Å²) < 4.78 is 5.19. The average Bonchev–Trinajstić information content (AvgIpc) is 2.44. The van der Waals surface area contributed by atoms with Gasteiger partial charge in [0.25, 0.3) is 0 Å². The van der Waals surface area contributed by atoms with E-state index in [1.54, 1.807) is 0 Å². The smallest absolute Gasteiger partial charge is 0.310 e. The van der Waals surface area contributed by atoms with E-state index < -0.39 is 0 Å². The van der Waals surface area contributed by atoms with Gasteiger partial charge in [0.15, 0.2) is 0 Å². The van der Waals surface area contributed by atoms with Crippen molar-refractivity contribution in [3.63, 3.8) is 0 Å². The number of allylic oxidation sites excluding steroid dienone is 3. The minimum absolute atomic E-state index is 0.182. The van der Waals surface area contributed by atoms with E-state index in [1.807, 2.05) is 36.4 Å². The van der Waals surface area contributed by atoms with E-state index in [0.29, 0.717) is 18.9 Å². The van der Waals surface area contributed by atoms with Crippen molar-refractivity contribution in [3.05, 3.63) is 59.7 Å². The van der Waals surface area contributed by atoms with Crippen molar-refractivity contribution in [3.8, 4) is 0 Å². The molecule has 2 heteroatoms. The predicted molar refractivity (Wildman–Crippen MR) is 83.5 cm³/mol. The maximum atomic E-state index is 11.6. The maximum Gasteiger partial charge on any atom is 0.310 e. The van der Waals surface area contributed by atoms with Crippen LogP contribution in [0, 0.1) is 5.92 Å². The summed E-state index contributed by atoms with van der Waals surface area (Å²) in [5.41, 5.74) is 2.36. The first-order chi connectivity index (χ1) is 9.61. The molecule has 0 radical (unpaired) electrons. The van der Waals surface area contributed by atoms with E-state index in [0.717, 1.165) is 12.0 Å². The fraction of sp³-hybridized carbons (Fsp3) is 0.389. The summed E-state index contributed by atoms with van der Waals surface area (Å²) in [6, 6.07) is 9.64. The fourth-order valence-electron chi connectivity index (χ4n) is 1.94. The lowest BCUT2D eigenvalue weighted by atomic mass is 10.0. The molecule has 0 aliphatic heterocycles. The summed E-state index contributed by atoms with van der Waals surface area (Å²) in [4.78, 5) is 11.6. The summed E-state index contributed by atoms with van der Waals surface area (Å²) in [7, 11) is 0. The van der Waals surface area contributed by atoms with Crippen molar-refractivity contribution in [1.29, 1.82) is 0 Å². The third-order valence-corrected chi connectivity index (χ3v) is 3.13. The number of carbonyl (C=O) groups excluding carboxylic acids is 1. The Kier molecular flexibility index (Phi) is 7.41. The number of hydrogen-bond acceptors (Lipinski definition) is 2. The zero-order chi connectivity index (χ0) is 14.8. The Bertz CT molecular complexity index is 458. The van der Waals surface area contributed by atoms with Gasteiger partial charge >= 0.3 is 5.97 Å². The lowest BCUT2D eigenvalue weighted by Crippen LogP contribution is -2.08. The Morgan fingerprint density at radius 1 is 1.30 bits per heavy atom. The van der Waals surface area contributed by atoms with Crippen molar-refractivity contribution >= 4 is 5.97 Å². The molecule has 1 atom stereocenters. The van der Waals surface area contributed by atoms with Crippen LogP contribution in [-0.2, 0) is 16.0 Å². The van der Waals surface area contributed by atoms with Gasteiger partial charge in [-0.05, 0) is 31.7 Å². The van der Waals surface area contributed by atoms with Gasteiger partial charge in [-0.15, -0.1) is 0 Å². The van der Waals surface area contributed by atoms with Gasteiger partial charge in [-0.3, -0.25) is 4.79 Å². The topological polar surface area (TPSA) is 26.3 Å². The summed E-state index contributed by atoms with van der Waals surface area (Å²) in [6.45, 7) is 6.70. The molecule has 0 bridgehead atoms. The van der Waals surface area contributed by atoms with Crippen molar-refractivity contribution in [2.75, 3.05) is 6.61 Å². The number of rotatable bonds is 7. The van der Waals surface area contributed by atoms with Crippen molar-refractivity contribution in [1.82, 2.24) is 0 Å². The molecule has 0 saturated carbocycles. The normalized spacial score (nSPS) is 13.4. The molecule has 1 rings (SSSR count). The van der Waals surface area contributed by atoms with E-state index in [-0.39, 0.29) is 5.97 Å².